The number of anilines is 1. The van der Waals surface area contributed by atoms with Crippen molar-refractivity contribution >= 4 is 22.6 Å². The van der Waals surface area contributed by atoms with E-state index in [2.05, 4.69) is 50.3 Å². The van der Waals surface area contributed by atoms with Crippen LogP contribution in [0.5, 0.6) is 0 Å². The molecular weight excluding hydrogens is 230 g/mol. The van der Waals surface area contributed by atoms with E-state index in [4.69, 9.17) is 4.99 Å². The maximum absolute atomic E-state index is 4.71. The zero-order chi connectivity index (χ0) is 12.5. The number of hydrogen-bond donors (Lipinski definition) is 1. The summed E-state index contributed by atoms with van der Waals surface area (Å²) < 4.78 is 0. The molecule has 4 heteroatoms. The van der Waals surface area contributed by atoms with E-state index in [9.17, 15) is 0 Å². The molecule has 3 nitrogen and oxygen atoms in total. The molecule has 1 N–H and O–H groups in total. The molecule has 0 saturated carbocycles. The van der Waals surface area contributed by atoms with Gasteiger partial charge in [-0.2, -0.15) is 0 Å². The van der Waals surface area contributed by atoms with E-state index in [1.807, 2.05) is 18.2 Å². The average Bonchev–Trinajstić information content (AvgIpc) is 2.54. The van der Waals surface area contributed by atoms with Crippen LogP contribution in [0.25, 0.3) is 0 Å². The van der Waals surface area contributed by atoms with Crippen LogP contribution in [0, 0.1) is 0 Å². The summed E-state index contributed by atoms with van der Waals surface area (Å²) in [5, 5.41) is 3.64. The second-order valence-electron chi connectivity index (χ2n) is 4.90. The Bertz CT molecular complexity index is 412. The monoisotopic (exact) mass is 249 g/mol. The quantitative estimate of drug-likeness (QED) is 0.872. The summed E-state index contributed by atoms with van der Waals surface area (Å²) in [6.07, 6.45) is 0. The van der Waals surface area contributed by atoms with Gasteiger partial charge in [0.1, 0.15) is 5.66 Å². The van der Waals surface area contributed by atoms with Gasteiger partial charge in [-0.05, 0) is 26.0 Å². The SMILES string of the molecule is CC(C)SC1=NC(C)(C)NN1c1ccccc1. The first-order valence-electron chi connectivity index (χ1n) is 5.87. The van der Waals surface area contributed by atoms with Crippen LogP contribution in [0.1, 0.15) is 27.7 Å². The maximum Gasteiger partial charge on any atom is 0.180 e. The second-order valence-corrected chi connectivity index (χ2v) is 6.45. The number of para-hydroxylation sites is 1. The summed E-state index contributed by atoms with van der Waals surface area (Å²) in [4.78, 5) is 4.71. The fraction of sp³-hybridized carbons (Fsp3) is 0.462. The number of nitrogens with zero attached hydrogens (tertiary/aromatic N) is 2. The topological polar surface area (TPSA) is 27.6 Å². The van der Waals surface area contributed by atoms with Gasteiger partial charge in [0.05, 0.1) is 5.69 Å². The average molecular weight is 249 g/mol. The molecule has 0 aromatic heterocycles. The molecule has 1 aliphatic heterocycles. The zero-order valence-electron chi connectivity index (χ0n) is 10.8. The number of hydrogen-bond acceptors (Lipinski definition) is 4. The van der Waals surface area contributed by atoms with Gasteiger partial charge in [0, 0.05) is 5.25 Å². The summed E-state index contributed by atoms with van der Waals surface area (Å²) in [6, 6.07) is 10.3. The predicted molar refractivity (Wildman–Crippen MR) is 76.3 cm³/mol. The zero-order valence-corrected chi connectivity index (χ0v) is 11.6. The van der Waals surface area contributed by atoms with E-state index >= 15 is 0 Å². The van der Waals surface area contributed by atoms with Crippen LogP contribution in [0.3, 0.4) is 0 Å². The molecule has 0 fully saturated rings. The molecule has 1 aromatic rings. The Balaban J connectivity index is 2.26. The summed E-state index contributed by atoms with van der Waals surface area (Å²) in [5.74, 6) is 0. The van der Waals surface area contributed by atoms with Crippen molar-refractivity contribution in [1.29, 1.82) is 0 Å². The number of rotatable bonds is 2. The van der Waals surface area contributed by atoms with E-state index in [0.29, 0.717) is 5.25 Å². The smallest absolute Gasteiger partial charge is 0.180 e. The molecule has 92 valence electrons. The van der Waals surface area contributed by atoms with Crippen molar-refractivity contribution in [2.75, 3.05) is 5.01 Å². The van der Waals surface area contributed by atoms with Gasteiger partial charge in [-0.1, -0.05) is 43.8 Å². The molecule has 0 amide bonds. The molecular formula is C13H19N3S. The summed E-state index contributed by atoms with van der Waals surface area (Å²) in [7, 11) is 0. The lowest BCUT2D eigenvalue weighted by Crippen LogP contribution is -2.44. The highest BCUT2D eigenvalue weighted by atomic mass is 32.2. The minimum Gasteiger partial charge on any atom is -0.252 e. The van der Waals surface area contributed by atoms with Gasteiger partial charge in [0.2, 0.25) is 0 Å². The minimum absolute atomic E-state index is 0.229. The van der Waals surface area contributed by atoms with Gasteiger partial charge < -0.3 is 0 Å². The third-order valence-electron chi connectivity index (χ3n) is 2.31. The van der Waals surface area contributed by atoms with Crippen molar-refractivity contribution in [3.05, 3.63) is 30.3 Å². The molecule has 1 aliphatic rings. The predicted octanol–water partition coefficient (Wildman–Crippen LogP) is 3.24. The van der Waals surface area contributed by atoms with Crippen molar-refractivity contribution < 1.29 is 0 Å². The number of amidine groups is 1. The first kappa shape index (κ1) is 12.5. The molecule has 0 radical (unpaired) electrons. The van der Waals surface area contributed by atoms with Gasteiger partial charge in [0.25, 0.3) is 0 Å². The van der Waals surface area contributed by atoms with Crippen LogP contribution in [0.2, 0.25) is 0 Å². The highest BCUT2D eigenvalue weighted by Crippen LogP contribution is 2.28. The fourth-order valence-electron chi connectivity index (χ4n) is 1.68. The molecule has 2 rings (SSSR count). The molecule has 0 unspecified atom stereocenters. The number of hydrazine groups is 1. The number of nitrogens with one attached hydrogen (secondary N) is 1. The highest BCUT2D eigenvalue weighted by molar-refractivity contribution is 8.14. The lowest BCUT2D eigenvalue weighted by Gasteiger charge is -2.24. The van der Waals surface area contributed by atoms with E-state index in [0.717, 1.165) is 10.9 Å². The lowest BCUT2D eigenvalue weighted by molar-refractivity contribution is 0.448. The normalized spacial score (nSPS) is 18.6. The molecule has 1 heterocycles. The number of thioether (sulfide) groups is 1. The summed E-state index contributed by atoms with van der Waals surface area (Å²) in [6.45, 7) is 8.52. The fourth-order valence-corrected chi connectivity index (χ4v) is 2.64. The van der Waals surface area contributed by atoms with Crippen molar-refractivity contribution in [2.24, 2.45) is 4.99 Å². The number of benzene rings is 1. The van der Waals surface area contributed by atoms with Gasteiger partial charge in [-0.15, -0.1) is 0 Å². The standard InChI is InChI=1S/C13H19N3S/c1-10(2)17-12-14-13(3,4)15-16(12)11-8-6-5-7-9-11/h5-10,15H,1-4H3. The third kappa shape index (κ3) is 3.01. The van der Waals surface area contributed by atoms with Gasteiger partial charge >= 0.3 is 0 Å². The Kier molecular flexibility index (Phi) is 3.45. The molecule has 0 spiro atoms. The summed E-state index contributed by atoms with van der Waals surface area (Å²) >= 11 is 1.78. The lowest BCUT2D eigenvalue weighted by atomic mass is 10.3. The Morgan fingerprint density at radius 3 is 2.47 bits per heavy atom. The van der Waals surface area contributed by atoms with E-state index in [1.54, 1.807) is 11.8 Å². The molecule has 17 heavy (non-hydrogen) atoms. The minimum atomic E-state index is -0.229. The Hall–Kier alpha value is -1.00. The Morgan fingerprint density at radius 1 is 1.24 bits per heavy atom. The second kappa shape index (κ2) is 4.70. The van der Waals surface area contributed by atoms with Crippen molar-refractivity contribution in [1.82, 2.24) is 5.43 Å². The van der Waals surface area contributed by atoms with Crippen LogP contribution in [-0.2, 0) is 0 Å². The van der Waals surface area contributed by atoms with Crippen molar-refractivity contribution in [3.63, 3.8) is 0 Å². The van der Waals surface area contributed by atoms with Crippen LogP contribution >= 0.6 is 11.8 Å². The Morgan fingerprint density at radius 2 is 1.88 bits per heavy atom. The molecule has 0 bridgehead atoms. The number of aliphatic imine (C=N–C) groups is 1. The van der Waals surface area contributed by atoms with Crippen LogP contribution in [-0.4, -0.2) is 16.1 Å². The third-order valence-corrected chi connectivity index (χ3v) is 3.26. The molecule has 0 atom stereocenters. The van der Waals surface area contributed by atoms with Crippen molar-refractivity contribution in [3.8, 4) is 0 Å². The van der Waals surface area contributed by atoms with E-state index in [1.165, 1.54) is 0 Å². The molecule has 0 aliphatic carbocycles. The molecule has 1 aromatic carbocycles. The Labute approximate surface area is 107 Å². The summed E-state index contributed by atoms with van der Waals surface area (Å²) in [5.41, 5.74) is 4.31. The van der Waals surface area contributed by atoms with Crippen molar-refractivity contribution in [2.45, 2.75) is 38.6 Å². The van der Waals surface area contributed by atoms with Gasteiger partial charge in [0.15, 0.2) is 5.17 Å². The van der Waals surface area contributed by atoms with Gasteiger partial charge in [-0.3, -0.25) is 5.01 Å². The molecule has 0 saturated heterocycles. The highest BCUT2D eigenvalue weighted by Gasteiger charge is 2.31. The van der Waals surface area contributed by atoms with E-state index < -0.39 is 0 Å². The maximum atomic E-state index is 4.71. The largest absolute Gasteiger partial charge is 0.252 e. The van der Waals surface area contributed by atoms with Crippen LogP contribution in [0.4, 0.5) is 5.69 Å². The van der Waals surface area contributed by atoms with Crippen LogP contribution in [0.15, 0.2) is 35.3 Å². The van der Waals surface area contributed by atoms with E-state index in [-0.39, 0.29) is 5.66 Å². The van der Waals surface area contributed by atoms with Gasteiger partial charge in [-0.25, -0.2) is 10.4 Å². The first-order valence-corrected chi connectivity index (χ1v) is 6.75. The first-order chi connectivity index (χ1) is 7.98. The van der Waals surface area contributed by atoms with Crippen LogP contribution < -0.4 is 10.4 Å².